The Bertz CT molecular complexity index is 208. The molecule has 0 aliphatic heterocycles. The van der Waals surface area contributed by atoms with E-state index in [1.165, 1.54) is 6.08 Å². The number of aliphatic hydroxyl groups excluding tert-OH is 3. The van der Waals surface area contributed by atoms with Gasteiger partial charge in [0.15, 0.2) is 0 Å². The first-order chi connectivity index (χ1) is 7.05. The van der Waals surface area contributed by atoms with Crippen molar-refractivity contribution in [3.05, 3.63) is 12.7 Å². The van der Waals surface area contributed by atoms with Crippen molar-refractivity contribution in [2.24, 2.45) is 5.73 Å². The fourth-order valence-corrected chi connectivity index (χ4v) is 0.909. The molecule has 0 aromatic carbocycles. The molecule has 0 radical (unpaired) electrons. The van der Waals surface area contributed by atoms with Gasteiger partial charge in [0.1, 0.15) is 5.54 Å². The van der Waals surface area contributed by atoms with Crippen LogP contribution in [0.1, 0.15) is 6.42 Å². The Morgan fingerprint density at radius 1 is 1.40 bits per heavy atom. The largest absolute Gasteiger partial charge is 0.394 e. The van der Waals surface area contributed by atoms with E-state index in [-0.39, 0.29) is 6.42 Å². The van der Waals surface area contributed by atoms with Gasteiger partial charge in [0.2, 0.25) is 5.91 Å². The second-order valence-electron chi connectivity index (χ2n) is 3.37. The first-order valence-corrected chi connectivity index (χ1v) is 4.56. The molecule has 15 heavy (non-hydrogen) atoms. The zero-order valence-electron chi connectivity index (χ0n) is 8.52. The van der Waals surface area contributed by atoms with Crippen LogP contribution in [0.2, 0.25) is 0 Å². The third-order valence-electron chi connectivity index (χ3n) is 2.05. The summed E-state index contributed by atoms with van der Waals surface area (Å²) >= 11 is 0. The Kier molecular flexibility index (Phi) is 6.11. The van der Waals surface area contributed by atoms with E-state index in [1.807, 2.05) is 0 Å². The highest BCUT2D eigenvalue weighted by Crippen LogP contribution is 2.02. The lowest BCUT2D eigenvalue weighted by Gasteiger charge is -2.29. The van der Waals surface area contributed by atoms with Crippen LogP contribution in [-0.4, -0.2) is 52.6 Å². The molecule has 0 aromatic heterocycles. The van der Waals surface area contributed by atoms with Crippen molar-refractivity contribution in [3.8, 4) is 0 Å². The third kappa shape index (κ3) is 3.96. The molecule has 0 aliphatic carbocycles. The summed E-state index contributed by atoms with van der Waals surface area (Å²) in [5.41, 5.74) is 4.05. The summed E-state index contributed by atoms with van der Waals surface area (Å²) in [6.07, 6.45) is 1.77. The van der Waals surface area contributed by atoms with Gasteiger partial charge in [0, 0.05) is 0 Å². The minimum Gasteiger partial charge on any atom is -0.394 e. The zero-order valence-corrected chi connectivity index (χ0v) is 8.52. The standard InChI is InChI=1S/C9H18N2O4/c1-2-3-7(10)8(15)11-9(4-12,5-13)6-14/h2,7,12-14H,1,3-6,10H2,(H,11,15). The molecule has 1 unspecified atom stereocenters. The van der Waals surface area contributed by atoms with E-state index in [0.29, 0.717) is 0 Å². The molecule has 1 amide bonds. The molecule has 88 valence electrons. The van der Waals surface area contributed by atoms with Crippen molar-refractivity contribution in [2.75, 3.05) is 19.8 Å². The fourth-order valence-electron chi connectivity index (χ4n) is 0.909. The smallest absolute Gasteiger partial charge is 0.237 e. The van der Waals surface area contributed by atoms with Crippen molar-refractivity contribution >= 4 is 5.91 Å². The van der Waals surface area contributed by atoms with Gasteiger partial charge in [-0.05, 0) is 6.42 Å². The Balaban J connectivity index is 4.40. The van der Waals surface area contributed by atoms with E-state index >= 15 is 0 Å². The van der Waals surface area contributed by atoms with Gasteiger partial charge in [-0.15, -0.1) is 6.58 Å². The van der Waals surface area contributed by atoms with Gasteiger partial charge >= 0.3 is 0 Å². The lowest BCUT2D eigenvalue weighted by atomic mass is 10.0. The maximum atomic E-state index is 11.4. The Morgan fingerprint density at radius 2 is 1.87 bits per heavy atom. The number of aliphatic hydroxyl groups is 3. The van der Waals surface area contributed by atoms with E-state index in [1.54, 1.807) is 0 Å². The molecule has 0 heterocycles. The van der Waals surface area contributed by atoms with Crippen LogP contribution in [0, 0.1) is 0 Å². The van der Waals surface area contributed by atoms with Crippen LogP contribution in [0.4, 0.5) is 0 Å². The van der Waals surface area contributed by atoms with E-state index < -0.39 is 37.3 Å². The highest BCUT2D eigenvalue weighted by Gasteiger charge is 2.31. The number of amides is 1. The van der Waals surface area contributed by atoms with Gasteiger partial charge in [0.25, 0.3) is 0 Å². The molecule has 6 heteroatoms. The zero-order chi connectivity index (χ0) is 11.9. The Labute approximate surface area is 88.4 Å². The first kappa shape index (κ1) is 14.1. The van der Waals surface area contributed by atoms with Gasteiger partial charge in [-0.2, -0.15) is 0 Å². The van der Waals surface area contributed by atoms with E-state index in [2.05, 4.69) is 11.9 Å². The highest BCUT2D eigenvalue weighted by atomic mass is 16.3. The maximum absolute atomic E-state index is 11.4. The van der Waals surface area contributed by atoms with Gasteiger partial charge < -0.3 is 26.4 Å². The average Bonchev–Trinajstić information content (AvgIpc) is 2.26. The van der Waals surface area contributed by atoms with Crippen molar-refractivity contribution in [2.45, 2.75) is 18.0 Å². The van der Waals surface area contributed by atoms with E-state index in [9.17, 15) is 4.79 Å². The predicted molar refractivity (Wildman–Crippen MR) is 54.9 cm³/mol. The lowest BCUT2D eigenvalue weighted by molar-refractivity contribution is -0.126. The number of carbonyl (C=O) groups is 1. The summed E-state index contributed by atoms with van der Waals surface area (Å²) in [4.78, 5) is 11.4. The molecule has 1 atom stereocenters. The monoisotopic (exact) mass is 218 g/mol. The number of carbonyl (C=O) groups excluding carboxylic acids is 1. The van der Waals surface area contributed by atoms with Gasteiger partial charge in [0.05, 0.1) is 25.9 Å². The molecule has 0 aromatic rings. The van der Waals surface area contributed by atoms with Crippen LogP contribution in [0.5, 0.6) is 0 Å². The fraction of sp³-hybridized carbons (Fsp3) is 0.667. The quantitative estimate of drug-likeness (QED) is 0.309. The van der Waals surface area contributed by atoms with E-state index in [4.69, 9.17) is 21.1 Å². The number of hydrogen-bond donors (Lipinski definition) is 5. The molecule has 0 spiro atoms. The maximum Gasteiger partial charge on any atom is 0.237 e. The third-order valence-corrected chi connectivity index (χ3v) is 2.05. The predicted octanol–water partition coefficient (Wildman–Crippen LogP) is -2.28. The molecule has 0 saturated heterocycles. The lowest BCUT2D eigenvalue weighted by Crippen LogP contribution is -2.60. The molecule has 6 nitrogen and oxygen atoms in total. The first-order valence-electron chi connectivity index (χ1n) is 4.56. The van der Waals surface area contributed by atoms with Crippen LogP contribution >= 0.6 is 0 Å². The van der Waals surface area contributed by atoms with Gasteiger partial charge in [-0.1, -0.05) is 6.08 Å². The summed E-state index contributed by atoms with van der Waals surface area (Å²) in [5.74, 6) is -0.549. The Hall–Kier alpha value is -0.950. The number of nitrogens with two attached hydrogens (primary N) is 1. The topological polar surface area (TPSA) is 116 Å². The summed E-state index contributed by atoms with van der Waals surface area (Å²) in [7, 11) is 0. The minimum absolute atomic E-state index is 0.282. The number of hydrogen-bond acceptors (Lipinski definition) is 5. The minimum atomic E-state index is -1.42. The molecule has 0 rings (SSSR count). The van der Waals surface area contributed by atoms with Gasteiger partial charge in [-0.3, -0.25) is 4.79 Å². The van der Waals surface area contributed by atoms with Crippen LogP contribution in [0.15, 0.2) is 12.7 Å². The van der Waals surface area contributed by atoms with Crippen LogP contribution in [0.25, 0.3) is 0 Å². The Morgan fingerprint density at radius 3 is 2.20 bits per heavy atom. The van der Waals surface area contributed by atoms with Gasteiger partial charge in [-0.25, -0.2) is 0 Å². The normalized spacial score (nSPS) is 13.3. The second kappa shape index (κ2) is 6.52. The van der Waals surface area contributed by atoms with Crippen molar-refractivity contribution < 1.29 is 20.1 Å². The molecular formula is C9H18N2O4. The van der Waals surface area contributed by atoms with Crippen molar-refractivity contribution in [1.29, 1.82) is 0 Å². The molecule has 0 bridgehead atoms. The molecular weight excluding hydrogens is 200 g/mol. The molecule has 0 fully saturated rings. The second-order valence-corrected chi connectivity index (χ2v) is 3.37. The molecule has 0 saturated carbocycles. The number of nitrogens with one attached hydrogen (secondary N) is 1. The summed E-state index contributed by atoms with van der Waals surface area (Å²) in [5, 5.41) is 29.1. The summed E-state index contributed by atoms with van der Waals surface area (Å²) < 4.78 is 0. The molecule has 6 N–H and O–H groups in total. The van der Waals surface area contributed by atoms with E-state index in [0.717, 1.165) is 0 Å². The number of rotatable bonds is 7. The van der Waals surface area contributed by atoms with Crippen LogP contribution < -0.4 is 11.1 Å². The van der Waals surface area contributed by atoms with Crippen LogP contribution in [-0.2, 0) is 4.79 Å². The molecule has 0 aliphatic rings. The van der Waals surface area contributed by atoms with Crippen molar-refractivity contribution in [1.82, 2.24) is 5.32 Å². The van der Waals surface area contributed by atoms with Crippen molar-refractivity contribution in [3.63, 3.8) is 0 Å². The highest BCUT2D eigenvalue weighted by molar-refractivity contribution is 5.82. The average molecular weight is 218 g/mol. The summed E-state index contributed by atoms with van der Waals surface area (Å²) in [6.45, 7) is 1.74. The summed E-state index contributed by atoms with van der Waals surface area (Å²) in [6, 6.07) is -0.800. The SMILES string of the molecule is C=CCC(N)C(=O)NC(CO)(CO)CO. The van der Waals surface area contributed by atoms with Crippen LogP contribution in [0.3, 0.4) is 0 Å².